The molecule has 1 amide bonds. The molecule has 1 N–H and O–H groups in total. The van der Waals surface area contributed by atoms with Gasteiger partial charge in [-0.05, 0) is 31.5 Å². The van der Waals surface area contributed by atoms with Gasteiger partial charge in [-0.1, -0.05) is 30.3 Å². The van der Waals surface area contributed by atoms with Crippen LogP contribution in [0.5, 0.6) is 0 Å². The maximum Gasteiger partial charge on any atom is 0.411 e. The maximum absolute atomic E-state index is 11.4. The van der Waals surface area contributed by atoms with E-state index in [1.165, 1.54) is 5.56 Å². The number of amides is 1. The molecule has 5 nitrogen and oxygen atoms in total. The van der Waals surface area contributed by atoms with Crippen molar-refractivity contribution in [2.24, 2.45) is 0 Å². The largest absolute Gasteiger partial charge is 0.450 e. The van der Waals surface area contributed by atoms with Gasteiger partial charge >= 0.3 is 6.09 Å². The fourth-order valence-electron chi connectivity index (χ4n) is 2.09. The number of nitrogens with zero attached hydrogens (tertiary/aromatic N) is 2. The second-order valence-electron chi connectivity index (χ2n) is 4.75. The first-order valence-electron chi connectivity index (χ1n) is 7.41. The number of carbonyl (C=O) groups is 1. The van der Waals surface area contributed by atoms with E-state index in [0.717, 1.165) is 18.9 Å². The highest BCUT2D eigenvalue weighted by Gasteiger charge is 2.08. The topological polar surface area (TPSA) is 54.5 Å². The third-order valence-electron chi connectivity index (χ3n) is 3.19. The summed E-state index contributed by atoms with van der Waals surface area (Å²) in [6.07, 6.45) is 1.17. The molecule has 0 aliphatic rings. The number of hydrogen-bond acceptors (Lipinski definition) is 4. The van der Waals surface area contributed by atoms with Crippen molar-refractivity contribution >= 4 is 17.6 Å². The van der Waals surface area contributed by atoms with Gasteiger partial charge in [0.25, 0.3) is 0 Å². The minimum atomic E-state index is -0.464. The zero-order valence-electron chi connectivity index (χ0n) is 13.0. The van der Waals surface area contributed by atoms with Gasteiger partial charge in [-0.25, -0.2) is 9.78 Å². The average molecular weight is 299 g/mol. The van der Waals surface area contributed by atoms with E-state index < -0.39 is 6.09 Å². The Morgan fingerprint density at radius 2 is 1.95 bits per heavy atom. The van der Waals surface area contributed by atoms with Gasteiger partial charge < -0.3 is 9.64 Å². The lowest BCUT2D eigenvalue weighted by Crippen LogP contribution is -2.23. The molecule has 2 rings (SSSR count). The first-order chi connectivity index (χ1) is 10.7. The Bertz CT molecular complexity index is 585. The molecule has 0 fully saturated rings. The van der Waals surface area contributed by atoms with Crippen LogP contribution in [0.1, 0.15) is 19.4 Å². The number of carbonyl (C=O) groups excluding carboxylic acids is 1. The molecular weight excluding hydrogens is 278 g/mol. The molecule has 0 aliphatic heterocycles. The molecule has 0 spiro atoms. The molecule has 2 aromatic rings. The second kappa shape index (κ2) is 8.02. The normalized spacial score (nSPS) is 10.1. The zero-order valence-corrected chi connectivity index (χ0v) is 13.0. The smallest absolute Gasteiger partial charge is 0.411 e. The fraction of sp³-hybridized carbons (Fsp3) is 0.294. The van der Waals surface area contributed by atoms with Gasteiger partial charge in [-0.2, -0.15) is 0 Å². The maximum atomic E-state index is 11.4. The summed E-state index contributed by atoms with van der Waals surface area (Å²) in [6.45, 7) is 5.86. The molecule has 0 radical (unpaired) electrons. The molecule has 22 heavy (non-hydrogen) atoms. The van der Waals surface area contributed by atoms with Crippen LogP contribution in [0.3, 0.4) is 0 Å². The van der Waals surface area contributed by atoms with E-state index in [9.17, 15) is 4.79 Å². The summed E-state index contributed by atoms with van der Waals surface area (Å²) in [4.78, 5) is 17.9. The number of pyridine rings is 1. The Hall–Kier alpha value is -2.56. The Morgan fingerprint density at radius 1 is 1.18 bits per heavy atom. The lowest BCUT2D eigenvalue weighted by molar-refractivity contribution is 0.168. The van der Waals surface area contributed by atoms with Gasteiger partial charge in [0.05, 0.1) is 18.5 Å². The average Bonchev–Trinajstić information content (AvgIpc) is 2.55. The number of hydrogen-bond donors (Lipinski definition) is 1. The Labute approximate surface area is 130 Å². The van der Waals surface area contributed by atoms with Gasteiger partial charge in [0.2, 0.25) is 0 Å². The molecule has 116 valence electrons. The van der Waals surface area contributed by atoms with E-state index in [2.05, 4.69) is 34.3 Å². The predicted molar refractivity (Wildman–Crippen MR) is 88.0 cm³/mol. The summed E-state index contributed by atoms with van der Waals surface area (Å²) in [7, 11) is 0. The van der Waals surface area contributed by atoms with E-state index in [1.807, 2.05) is 30.3 Å². The second-order valence-corrected chi connectivity index (χ2v) is 4.75. The van der Waals surface area contributed by atoms with Crippen LogP contribution in [0.25, 0.3) is 0 Å². The highest BCUT2D eigenvalue weighted by atomic mass is 16.5. The van der Waals surface area contributed by atoms with Crippen LogP contribution in [0, 0.1) is 0 Å². The fourth-order valence-corrected chi connectivity index (χ4v) is 2.09. The number of nitrogens with one attached hydrogen (secondary N) is 1. The summed E-state index contributed by atoms with van der Waals surface area (Å²) in [6, 6.07) is 14.0. The van der Waals surface area contributed by atoms with Crippen molar-refractivity contribution in [2.45, 2.75) is 20.4 Å². The van der Waals surface area contributed by atoms with Crippen molar-refractivity contribution in [1.29, 1.82) is 0 Å². The van der Waals surface area contributed by atoms with Crippen LogP contribution in [-0.2, 0) is 11.3 Å². The Kier molecular flexibility index (Phi) is 5.77. The third-order valence-corrected chi connectivity index (χ3v) is 3.19. The molecule has 1 heterocycles. The summed E-state index contributed by atoms with van der Waals surface area (Å²) in [5, 5.41) is 2.63. The van der Waals surface area contributed by atoms with Gasteiger partial charge in [0.15, 0.2) is 0 Å². The van der Waals surface area contributed by atoms with Gasteiger partial charge in [0, 0.05) is 13.1 Å². The van der Waals surface area contributed by atoms with E-state index in [1.54, 1.807) is 13.1 Å². The Morgan fingerprint density at radius 3 is 2.55 bits per heavy atom. The van der Waals surface area contributed by atoms with Gasteiger partial charge in [-0.15, -0.1) is 0 Å². The molecule has 0 aliphatic carbocycles. The molecule has 0 saturated carbocycles. The van der Waals surface area contributed by atoms with Crippen molar-refractivity contribution in [3.8, 4) is 0 Å². The van der Waals surface area contributed by atoms with Crippen LogP contribution < -0.4 is 10.2 Å². The van der Waals surface area contributed by atoms with Crippen molar-refractivity contribution in [3.63, 3.8) is 0 Å². The molecule has 1 aromatic heterocycles. The summed E-state index contributed by atoms with van der Waals surface area (Å²) in [5.74, 6) is 0.876. The predicted octanol–water partition coefficient (Wildman–Crippen LogP) is 3.68. The molecule has 1 aromatic carbocycles. The van der Waals surface area contributed by atoms with Gasteiger partial charge in [0.1, 0.15) is 5.82 Å². The first-order valence-corrected chi connectivity index (χ1v) is 7.41. The van der Waals surface area contributed by atoms with Crippen LogP contribution in [0.4, 0.5) is 16.3 Å². The first kappa shape index (κ1) is 15.8. The summed E-state index contributed by atoms with van der Waals surface area (Å²) < 4.78 is 4.84. The molecule has 0 atom stereocenters. The van der Waals surface area contributed by atoms with Crippen molar-refractivity contribution < 1.29 is 9.53 Å². The molecule has 5 heteroatoms. The number of aromatic nitrogens is 1. The molecule has 0 unspecified atom stereocenters. The summed E-state index contributed by atoms with van der Waals surface area (Å²) >= 11 is 0. The van der Waals surface area contributed by atoms with Crippen LogP contribution >= 0.6 is 0 Å². The zero-order chi connectivity index (χ0) is 15.8. The minimum Gasteiger partial charge on any atom is -0.450 e. The Balaban J connectivity index is 2.02. The quantitative estimate of drug-likeness (QED) is 0.884. The van der Waals surface area contributed by atoms with E-state index >= 15 is 0 Å². The molecular formula is C17H21N3O2. The lowest BCUT2D eigenvalue weighted by Gasteiger charge is -2.22. The van der Waals surface area contributed by atoms with E-state index in [0.29, 0.717) is 12.3 Å². The lowest BCUT2D eigenvalue weighted by atomic mass is 10.2. The van der Waals surface area contributed by atoms with Crippen molar-refractivity contribution in [2.75, 3.05) is 23.4 Å². The van der Waals surface area contributed by atoms with Crippen LogP contribution in [0.15, 0.2) is 48.7 Å². The van der Waals surface area contributed by atoms with E-state index in [4.69, 9.17) is 4.74 Å². The van der Waals surface area contributed by atoms with Gasteiger partial charge in [-0.3, -0.25) is 5.32 Å². The minimum absolute atomic E-state index is 0.345. The molecule has 0 bridgehead atoms. The van der Waals surface area contributed by atoms with Crippen molar-refractivity contribution in [3.05, 3.63) is 54.2 Å². The number of benzene rings is 1. The summed E-state index contributed by atoms with van der Waals surface area (Å²) in [5.41, 5.74) is 1.86. The van der Waals surface area contributed by atoms with Crippen LogP contribution in [-0.4, -0.2) is 24.2 Å². The number of rotatable bonds is 6. The number of ether oxygens (including phenoxy) is 1. The highest BCUT2D eigenvalue weighted by molar-refractivity contribution is 5.84. The third kappa shape index (κ3) is 4.48. The molecule has 0 saturated heterocycles. The standard InChI is InChI=1S/C17H21N3O2/c1-3-20(13-14-8-6-5-7-9-14)16-11-10-15(12-18-16)19-17(21)22-4-2/h5-12H,3-4,13H2,1-2H3,(H,19,21). The SMILES string of the molecule is CCOC(=O)Nc1ccc(N(CC)Cc2ccccc2)nc1. The highest BCUT2D eigenvalue weighted by Crippen LogP contribution is 2.16. The van der Waals surface area contributed by atoms with E-state index in [-0.39, 0.29) is 0 Å². The van der Waals surface area contributed by atoms with Crippen molar-refractivity contribution in [1.82, 2.24) is 4.98 Å². The van der Waals surface area contributed by atoms with Crippen LogP contribution in [0.2, 0.25) is 0 Å². The number of anilines is 2. The monoisotopic (exact) mass is 299 g/mol.